The summed E-state index contributed by atoms with van der Waals surface area (Å²) in [6.45, 7) is 2.01. The van der Waals surface area contributed by atoms with Gasteiger partial charge in [-0.25, -0.2) is 9.67 Å². The van der Waals surface area contributed by atoms with Crippen LogP contribution in [0, 0.1) is 0 Å². The summed E-state index contributed by atoms with van der Waals surface area (Å²) < 4.78 is 7.22. The minimum absolute atomic E-state index is 0.0158. The van der Waals surface area contributed by atoms with Crippen LogP contribution in [0.4, 0.5) is 0 Å². The van der Waals surface area contributed by atoms with Gasteiger partial charge in [-0.05, 0) is 36.8 Å². The predicted molar refractivity (Wildman–Crippen MR) is 94.5 cm³/mol. The molecule has 1 aromatic heterocycles. The molecule has 0 bridgehead atoms. The van der Waals surface area contributed by atoms with Gasteiger partial charge in [-0.2, -0.15) is 5.10 Å². The van der Waals surface area contributed by atoms with Gasteiger partial charge in [-0.3, -0.25) is 4.79 Å². The Morgan fingerprint density at radius 3 is 2.52 bits per heavy atom. The molecule has 0 saturated heterocycles. The molecule has 0 fully saturated rings. The van der Waals surface area contributed by atoms with Gasteiger partial charge >= 0.3 is 0 Å². The number of hydrogen-bond donors (Lipinski definition) is 0. The van der Waals surface area contributed by atoms with E-state index in [-0.39, 0.29) is 18.6 Å². The second-order valence-electron chi connectivity index (χ2n) is 5.71. The maximum Gasteiger partial charge on any atom is 0.260 e. The number of amides is 1. The third-order valence-electron chi connectivity index (χ3n) is 4.14. The lowest BCUT2D eigenvalue weighted by Gasteiger charge is -2.25. The van der Waals surface area contributed by atoms with E-state index in [1.807, 2.05) is 61.5 Å². The minimum Gasteiger partial charge on any atom is -0.484 e. The highest BCUT2D eigenvalue weighted by Crippen LogP contribution is 2.20. The Hall–Kier alpha value is -3.15. The molecule has 0 radical (unpaired) electrons. The van der Waals surface area contributed by atoms with Crippen molar-refractivity contribution in [2.75, 3.05) is 13.7 Å². The van der Waals surface area contributed by atoms with Gasteiger partial charge in [0.15, 0.2) is 6.61 Å². The lowest BCUT2D eigenvalue weighted by atomic mass is 10.1. The molecular weight excluding hydrogens is 316 g/mol. The Morgan fingerprint density at radius 2 is 1.88 bits per heavy atom. The molecule has 25 heavy (non-hydrogen) atoms. The monoisotopic (exact) mass is 336 g/mol. The molecule has 3 aromatic rings. The lowest BCUT2D eigenvalue weighted by molar-refractivity contribution is -0.134. The molecule has 0 spiro atoms. The van der Waals surface area contributed by atoms with Crippen molar-refractivity contribution >= 4 is 5.91 Å². The molecule has 1 heterocycles. The van der Waals surface area contributed by atoms with Gasteiger partial charge in [0.25, 0.3) is 5.91 Å². The van der Waals surface area contributed by atoms with Crippen LogP contribution in [0.2, 0.25) is 0 Å². The first-order valence-electron chi connectivity index (χ1n) is 8.03. The number of carbonyl (C=O) groups excluding carboxylic acids is 1. The zero-order valence-corrected chi connectivity index (χ0v) is 14.2. The van der Waals surface area contributed by atoms with Crippen molar-refractivity contribution < 1.29 is 9.53 Å². The molecule has 0 aliphatic carbocycles. The Morgan fingerprint density at radius 1 is 1.16 bits per heavy atom. The smallest absolute Gasteiger partial charge is 0.260 e. The van der Waals surface area contributed by atoms with Crippen molar-refractivity contribution in [3.8, 4) is 11.4 Å². The second-order valence-corrected chi connectivity index (χ2v) is 5.71. The van der Waals surface area contributed by atoms with Gasteiger partial charge in [0.05, 0.1) is 11.7 Å². The summed E-state index contributed by atoms with van der Waals surface area (Å²) in [4.78, 5) is 18.0. The lowest BCUT2D eigenvalue weighted by Crippen LogP contribution is -2.33. The highest BCUT2D eigenvalue weighted by molar-refractivity contribution is 5.78. The van der Waals surface area contributed by atoms with Crippen LogP contribution in [0.3, 0.4) is 0 Å². The number of hydrogen-bond acceptors (Lipinski definition) is 4. The van der Waals surface area contributed by atoms with Crippen LogP contribution in [0.15, 0.2) is 67.3 Å². The maximum atomic E-state index is 12.4. The van der Waals surface area contributed by atoms with Gasteiger partial charge in [0.2, 0.25) is 0 Å². The molecule has 128 valence electrons. The fourth-order valence-electron chi connectivity index (χ4n) is 2.45. The van der Waals surface area contributed by atoms with E-state index in [9.17, 15) is 4.79 Å². The number of carbonyl (C=O) groups is 1. The molecular formula is C19H20N4O2. The first-order chi connectivity index (χ1) is 12.1. The summed E-state index contributed by atoms with van der Waals surface area (Å²) in [5, 5.41) is 4.10. The molecule has 1 unspecified atom stereocenters. The van der Waals surface area contributed by atoms with E-state index >= 15 is 0 Å². The molecule has 1 atom stereocenters. The van der Waals surface area contributed by atoms with Crippen LogP contribution in [0.1, 0.15) is 18.5 Å². The first-order valence-corrected chi connectivity index (χ1v) is 8.03. The van der Waals surface area contributed by atoms with Gasteiger partial charge in [0.1, 0.15) is 18.4 Å². The molecule has 0 saturated carbocycles. The summed E-state index contributed by atoms with van der Waals surface area (Å²) in [7, 11) is 1.78. The van der Waals surface area contributed by atoms with E-state index < -0.39 is 0 Å². The maximum absolute atomic E-state index is 12.4. The van der Waals surface area contributed by atoms with Gasteiger partial charge < -0.3 is 9.64 Å². The standard InChI is InChI=1S/C19H20N4O2/c1-15(16-8-10-17(11-9-16)23-14-20-13-21-23)22(2)19(24)12-25-18-6-4-3-5-7-18/h3-11,13-15H,12H2,1-2H3. The number of likely N-dealkylation sites (N-methyl/N-ethyl adjacent to an activating group) is 1. The Labute approximate surface area is 146 Å². The van der Waals surface area contributed by atoms with Crippen molar-refractivity contribution in [2.45, 2.75) is 13.0 Å². The van der Waals surface area contributed by atoms with Gasteiger partial charge in [0, 0.05) is 7.05 Å². The fraction of sp³-hybridized carbons (Fsp3) is 0.211. The van der Waals surface area contributed by atoms with Crippen molar-refractivity contribution in [2.24, 2.45) is 0 Å². The molecule has 0 N–H and O–H groups in total. The normalized spacial score (nSPS) is 11.8. The van der Waals surface area contributed by atoms with Crippen LogP contribution in [-0.4, -0.2) is 39.2 Å². The number of aromatic nitrogens is 3. The van der Waals surface area contributed by atoms with E-state index in [4.69, 9.17) is 4.74 Å². The molecule has 0 aliphatic heterocycles. The van der Waals surface area contributed by atoms with Crippen LogP contribution in [0.25, 0.3) is 5.69 Å². The van der Waals surface area contributed by atoms with Crippen molar-refractivity contribution in [1.82, 2.24) is 19.7 Å². The van der Waals surface area contributed by atoms with E-state index in [0.29, 0.717) is 5.75 Å². The summed E-state index contributed by atoms with van der Waals surface area (Å²) in [5.41, 5.74) is 1.97. The SMILES string of the molecule is CC(c1ccc(-n2cncn2)cc1)N(C)C(=O)COc1ccccc1. The Balaban J connectivity index is 1.61. The third kappa shape index (κ3) is 4.03. The van der Waals surface area contributed by atoms with E-state index in [2.05, 4.69) is 10.1 Å². The van der Waals surface area contributed by atoms with Crippen LogP contribution in [0.5, 0.6) is 5.75 Å². The third-order valence-corrected chi connectivity index (χ3v) is 4.14. The number of nitrogens with zero attached hydrogens (tertiary/aromatic N) is 4. The topological polar surface area (TPSA) is 60.2 Å². The molecule has 2 aromatic carbocycles. The highest BCUT2D eigenvalue weighted by Gasteiger charge is 2.18. The van der Waals surface area contributed by atoms with E-state index in [1.54, 1.807) is 23.0 Å². The zero-order valence-electron chi connectivity index (χ0n) is 14.2. The predicted octanol–water partition coefficient (Wildman–Crippen LogP) is 2.87. The summed E-state index contributed by atoms with van der Waals surface area (Å²) in [5.74, 6) is 0.616. The largest absolute Gasteiger partial charge is 0.484 e. The van der Waals surface area contributed by atoms with E-state index in [1.165, 1.54) is 6.33 Å². The number of para-hydroxylation sites is 1. The van der Waals surface area contributed by atoms with E-state index in [0.717, 1.165) is 11.3 Å². The van der Waals surface area contributed by atoms with Crippen LogP contribution < -0.4 is 4.74 Å². The first kappa shape index (κ1) is 16.7. The number of rotatable bonds is 6. The minimum atomic E-state index is -0.0725. The Kier molecular flexibility index (Phi) is 5.09. The Bertz CT molecular complexity index is 801. The zero-order chi connectivity index (χ0) is 17.6. The summed E-state index contributed by atoms with van der Waals surface area (Å²) >= 11 is 0. The van der Waals surface area contributed by atoms with Gasteiger partial charge in [-0.15, -0.1) is 0 Å². The van der Waals surface area contributed by atoms with Crippen molar-refractivity contribution in [3.05, 3.63) is 72.8 Å². The van der Waals surface area contributed by atoms with Crippen LogP contribution in [-0.2, 0) is 4.79 Å². The molecule has 1 amide bonds. The van der Waals surface area contributed by atoms with Gasteiger partial charge in [-0.1, -0.05) is 30.3 Å². The van der Waals surface area contributed by atoms with Crippen LogP contribution >= 0.6 is 0 Å². The summed E-state index contributed by atoms with van der Waals surface area (Å²) in [6.07, 6.45) is 3.14. The molecule has 3 rings (SSSR count). The average molecular weight is 336 g/mol. The molecule has 0 aliphatic rings. The second kappa shape index (κ2) is 7.61. The highest BCUT2D eigenvalue weighted by atomic mass is 16.5. The number of benzene rings is 2. The van der Waals surface area contributed by atoms with Crippen molar-refractivity contribution in [1.29, 1.82) is 0 Å². The quantitative estimate of drug-likeness (QED) is 0.694. The summed E-state index contributed by atoms with van der Waals surface area (Å²) in [6, 6.07) is 17.2. The average Bonchev–Trinajstić information content (AvgIpc) is 3.20. The molecule has 6 nitrogen and oxygen atoms in total. The van der Waals surface area contributed by atoms with Crippen molar-refractivity contribution in [3.63, 3.8) is 0 Å². The fourth-order valence-corrected chi connectivity index (χ4v) is 2.45. The number of ether oxygens (including phenoxy) is 1. The molecule has 6 heteroatoms.